The number of fused-ring (bicyclic) bond motifs is 1. The van der Waals surface area contributed by atoms with Crippen LogP contribution in [-0.2, 0) is 6.42 Å². The maximum absolute atomic E-state index is 9.08. The van der Waals surface area contributed by atoms with Gasteiger partial charge in [0.2, 0.25) is 5.95 Å². The zero-order chi connectivity index (χ0) is 17.9. The van der Waals surface area contributed by atoms with E-state index in [0.29, 0.717) is 23.8 Å². The summed E-state index contributed by atoms with van der Waals surface area (Å²) in [5.41, 5.74) is 3.13. The Morgan fingerprint density at radius 3 is 2.73 bits per heavy atom. The smallest absolute Gasteiger partial charge is 0.226 e. The number of anilines is 1. The van der Waals surface area contributed by atoms with Gasteiger partial charge in [-0.1, -0.05) is 54.1 Å². The zero-order valence-corrected chi connectivity index (χ0v) is 14.9. The number of nitrogens with one attached hydrogen (secondary N) is 1. The number of aliphatic hydroxyl groups excluding tert-OH is 1. The van der Waals surface area contributed by atoms with Gasteiger partial charge >= 0.3 is 0 Å². The van der Waals surface area contributed by atoms with Gasteiger partial charge < -0.3 is 10.4 Å². The summed E-state index contributed by atoms with van der Waals surface area (Å²) in [7, 11) is 0. The highest BCUT2D eigenvalue weighted by Gasteiger charge is 2.25. The van der Waals surface area contributed by atoms with Gasteiger partial charge in [0.15, 0.2) is 5.82 Å². The molecule has 0 radical (unpaired) electrons. The van der Waals surface area contributed by atoms with E-state index in [-0.39, 0.29) is 12.6 Å². The molecule has 1 aromatic heterocycles. The predicted octanol–water partition coefficient (Wildman–Crippen LogP) is 3.91. The number of aromatic nitrogens is 3. The minimum atomic E-state index is -0.101. The molecule has 0 saturated carbocycles. The van der Waals surface area contributed by atoms with Crippen LogP contribution in [0.2, 0.25) is 5.02 Å². The third-order valence-electron chi connectivity index (χ3n) is 4.34. The van der Waals surface area contributed by atoms with E-state index in [1.54, 1.807) is 0 Å². The third-order valence-corrected chi connectivity index (χ3v) is 4.58. The Morgan fingerprint density at radius 2 is 1.96 bits per heavy atom. The Labute approximate surface area is 157 Å². The van der Waals surface area contributed by atoms with E-state index >= 15 is 0 Å². The molecular weight excluding hydrogens is 348 g/mol. The maximum Gasteiger partial charge on any atom is 0.226 e. The lowest BCUT2D eigenvalue weighted by Gasteiger charge is -2.24. The van der Waals surface area contributed by atoms with E-state index in [0.717, 1.165) is 22.6 Å². The number of hydrogen-bond donors (Lipinski definition) is 2. The number of halogens is 1. The Bertz CT molecular complexity index is 936. The molecule has 3 aromatic rings. The summed E-state index contributed by atoms with van der Waals surface area (Å²) in [6.07, 6.45) is 3.42. The van der Waals surface area contributed by atoms with Crippen LogP contribution < -0.4 is 5.32 Å². The summed E-state index contributed by atoms with van der Waals surface area (Å²) in [5.74, 6) is 1.42. The summed E-state index contributed by atoms with van der Waals surface area (Å²) < 4.78 is 1.88. The number of allylic oxidation sites excluding steroid dienone is 1. The Kier molecular flexibility index (Phi) is 4.73. The Morgan fingerprint density at radius 1 is 1.12 bits per heavy atom. The standard InChI is InChI=1S/C20H19ClN4O/c21-16-9-4-8-15(12-16)18-13-17(14-6-2-1-3-7-14)22-20-23-19(10-5-11-26)24-25(18)20/h1-4,6-9,12-13,18,26H,5,10-11H2,(H,22,23,24)/t18-/m0/s1. The van der Waals surface area contributed by atoms with Gasteiger partial charge in [-0.3, -0.25) is 0 Å². The molecule has 6 heteroatoms. The van der Waals surface area contributed by atoms with Crippen molar-refractivity contribution in [2.45, 2.75) is 18.9 Å². The van der Waals surface area contributed by atoms with Gasteiger partial charge in [-0.15, -0.1) is 0 Å². The molecule has 0 bridgehead atoms. The molecule has 0 aliphatic carbocycles. The molecule has 0 fully saturated rings. The summed E-state index contributed by atoms with van der Waals surface area (Å²) in [5, 5.41) is 17.8. The molecule has 1 aliphatic heterocycles. The van der Waals surface area contributed by atoms with Crippen molar-refractivity contribution in [1.82, 2.24) is 14.8 Å². The second kappa shape index (κ2) is 7.32. The number of hydrogen-bond acceptors (Lipinski definition) is 4. The first-order valence-electron chi connectivity index (χ1n) is 8.60. The number of aryl methyl sites for hydroxylation is 1. The van der Waals surface area contributed by atoms with E-state index < -0.39 is 0 Å². The molecule has 0 unspecified atom stereocenters. The lowest BCUT2D eigenvalue weighted by molar-refractivity contribution is 0.287. The zero-order valence-electron chi connectivity index (χ0n) is 14.1. The fourth-order valence-electron chi connectivity index (χ4n) is 3.09. The molecule has 2 aromatic carbocycles. The minimum absolute atomic E-state index is 0.101. The van der Waals surface area contributed by atoms with Gasteiger partial charge in [0.1, 0.15) is 6.04 Å². The first kappa shape index (κ1) is 16.8. The monoisotopic (exact) mass is 366 g/mol. The summed E-state index contributed by atoms with van der Waals surface area (Å²) in [6, 6.07) is 17.8. The number of rotatable bonds is 5. The van der Waals surface area contributed by atoms with Crippen LogP contribution in [0.5, 0.6) is 0 Å². The van der Waals surface area contributed by atoms with E-state index in [9.17, 15) is 0 Å². The fourth-order valence-corrected chi connectivity index (χ4v) is 3.29. The van der Waals surface area contributed by atoms with Crippen LogP contribution in [0.25, 0.3) is 5.70 Å². The lowest BCUT2D eigenvalue weighted by Crippen LogP contribution is -2.20. The summed E-state index contributed by atoms with van der Waals surface area (Å²) in [6.45, 7) is 0.128. The minimum Gasteiger partial charge on any atom is -0.396 e. The predicted molar refractivity (Wildman–Crippen MR) is 103 cm³/mol. The summed E-state index contributed by atoms with van der Waals surface area (Å²) in [4.78, 5) is 4.62. The molecule has 0 spiro atoms. The normalized spacial score (nSPS) is 15.9. The number of aliphatic hydroxyl groups is 1. The van der Waals surface area contributed by atoms with Crippen molar-refractivity contribution in [3.63, 3.8) is 0 Å². The molecule has 2 heterocycles. The average Bonchev–Trinajstić information content (AvgIpc) is 3.09. The van der Waals surface area contributed by atoms with E-state index in [1.807, 2.05) is 47.1 Å². The Balaban J connectivity index is 1.78. The molecule has 2 N–H and O–H groups in total. The van der Waals surface area contributed by atoms with Crippen LogP contribution in [0.1, 0.15) is 29.4 Å². The van der Waals surface area contributed by atoms with E-state index in [2.05, 4.69) is 33.6 Å². The first-order valence-corrected chi connectivity index (χ1v) is 8.98. The van der Waals surface area contributed by atoms with Gasteiger partial charge in [-0.25, -0.2) is 4.68 Å². The van der Waals surface area contributed by atoms with Gasteiger partial charge in [0.05, 0.1) is 0 Å². The summed E-state index contributed by atoms with van der Waals surface area (Å²) >= 11 is 6.21. The second-order valence-corrected chi connectivity index (χ2v) is 6.63. The topological polar surface area (TPSA) is 63.0 Å². The molecule has 4 rings (SSSR count). The molecular formula is C20H19ClN4O. The average molecular weight is 367 g/mol. The van der Waals surface area contributed by atoms with Crippen LogP contribution in [0.3, 0.4) is 0 Å². The Hall–Kier alpha value is -2.63. The SMILES string of the molecule is OCCCc1nc2n(n1)[C@H](c1cccc(Cl)c1)C=C(c1ccccc1)N2. The fraction of sp³-hybridized carbons (Fsp3) is 0.200. The molecule has 0 amide bonds. The van der Waals surface area contributed by atoms with E-state index in [4.69, 9.17) is 16.7 Å². The van der Waals surface area contributed by atoms with Crippen molar-refractivity contribution in [3.8, 4) is 0 Å². The van der Waals surface area contributed by atoms with Crippen molar-refractivity contribution in [2.24, 2.45) is 0 Å². The molecule has 1 atom stereocenters. The largest absolute Gasteiger partial charge is 0.396 e. The first-order chi connectivity index (χ1) is 12.7. The maximum atomic E-state index is 9.08. The van der Waals surface area contributed by atoms with Crippen molar-refractivity contribution in [1.29, 1.82) is 0 Å². The van der Waals surface area contributed by atoms with E-state index in [1.165, 1.54) is 0 Å². The van der Waals surface area contributed by atoms with Crippen molar-refractivity contribution in [3.05, 3.63) is 82.6 Å². The quantitative estimate of drug-likeness (QED) is 0.718. The van der Waals surface area contributed by atoms with Crippen LogP contribution in [0.15, 0.2) is 60.7 Å². The van der Waals surface area contributed by atoms with Crippen LogP contribution in [0.4, 0.5) is 5.95 Å². The van der Waals surface area contributed by atoms with Crippen molar-refractivity contribution in [2.75, 3.05) is 11.9 Å². The van der Waals surface area contributed by atoms with Crippen LogP contribution in [0, 0.1) is 0 Å². The van der Waals surface area contributed by atoms with Crippen LogP contribution in [-0.4, -0.2) is 26.5 Å². The molecule has 5 nitrogen and oxygen atoms in total. The molecule has 1 aliphatic rings. The highest BCUT2D eigenvalue weighted by Crippen LogP contribution is 2.33. The van der Waals surface area contributed by atoms with Gasteiger partial charge in [0.25, 0.3) is 0 Å². The van der Waals surface area contributed by atoms with Crippen LogP contribution >= 0.6 is 11.6 Å². The number of benzene rings is 2. The van der Waals surface area contributed by atoms with Gasteiger partial charge in [-0.2, -0.15) is 10.1 Å². The van der Waals surface area contributed by atoms with Gasteiger partial charge in [-0.05, 0) is 35.8 Å². The molecule has 26 heavy (non-hydrogen) atoms. The lowest BCUT2D eigenvalue weighted by atomic mass is 10.0. The highest BCUT2D eigenvalue weighted by atomic mass is 35.5. The van der Waals surface area contributed by atoms with Gasteiger partial charge in [0, 0.05) is 23.7 Å². The number of nitrogens with zero attached hydrogens (tertiary/aromatic N) is 3. The highest BCUT2D eigenvalue weighted by molar-refractivity contribution is 6.30. The third kappa shape index (κ3) is 3.36. The van der Waals surface area contributed by atoms with Crippen molar-refractivity contribution >= 4 is 23.2 Å². The van der Waals surface area contributed by atoms with Crippen molar-refractivity contribution < 1.29 is 5.11 Å². The molecule has 132 valence electrons. The second-order valence-electron chi connectivity index (χ2n) is 6.19. The molecule has 0 saturated heterocycles.